The summed E-state index contributed by atoms with van der Waals surface area (Å²) < 4.78 is 79.1. The number of hydrogen-bond acceptors (Lipinski definition) is 10. The van der Waals surface area contributed by atoms with E-state index in [9.17, 15) is 25.9 Å². The molecule has 3 aliphatic rings. The Morgan fingerprint density at radius 3 is 2.22 bits per heavy atom. The number of benzene rings is 3. The van der Waals surface area contributed by atoms with Gasteiger partial charge in [-0.15, -0.1) is 0 Å². The van der Waals surface area contributed by atoms with Crippen LogP contribution in [-0.2, 0) is 20.2 Å². The van der Waals surface area contributed by atoms with Gasteiger partial charge >= 0.3 is 10.1 Å². The summed E-state index contributed by atoms with van der Waals surface area (Å²) in [4.78, 5) is 2.84. The summed E-state index contributed by atoms with van der Waals surface area (Å²) in [5, 5.41) is 10.1. The molecule has 0 bridgehead atoms. The quantitative estimate of drug-likeness (QED) is 0.115. The van der Waals surface area contributed by atoms with Gasteiger partial charge in [0.2, 0.25) is 0 Å². The van der Waals surface area contributed by atoms with Crippen LogP contribution in [-0.4, -0.2) is 30.9 Å². The summed E-state index contributed by atoms with van der Waals surface area (Å²) in [5.41, 5.74) is 5.94. The lowest BCUT2D eigenvalue weighted by atomic mass is 10.1. The van der Waals surface area contributed by atoms with Crippen molar-refractivity contribution in [2.45, 2.75) is 23.6 Å². The van der Waals surface area contributed by atoms with Gasteiger partial charge in [0.15, 0.2) is 32.6 Å². The third-order valence-electron chi connectivity index (χ3n) is 5.55. The Bertz CT molecular complexity index is 1920. The zero-order chi connectivity index (χ0) is 26.5. The Kier molecular flexibility index (Phi) is 5.24. The first kappa shape index (κ1) is 24.5. The maximum absolute atomic E-state index is 12.0. The standard InChI is InChI=1S/C20H14Cl2N4O8S2/c1-5-4-8-15(20(11(5)24)36(30,31)32)33-16-10(22)14-17(9(21)13(16)25-8)34-18-12(26-14)6(2)3-7(23)19(18)35(27,28)29/h3-4,24,26H,23H2,1-2H3,(H,27,28,29)(H,30,31,32). The van der Waals surface area contributed by atoms with Gasteiger partial charge in [-0.1, -0.05) is 23.2 Å². The Morgan fingerprint density at radius 2 is 1.61 bits per heavy atom. The van der Waals surface area contributed by atoms with Gasteiger partial charge in [-0.2, -0.15) is 16.8 Å². The second-order valence-electron chi connectivity index (χ2n) is 7.96. The maximum Gasteiger partial charge on any atom is 0.300 e. The fraction of sp³-hybridized carbons (Fsp3) is 0.100. The molecular weight excluding hydrogens is 559 g/mol. The number of aryl methyl sites for hydroxylation is 2. The van der Waals surface area contributed by atoms with Gasteiger partial charge in [-0.3, -0.25) is 14.5 Å². The van der Waals surface area contributed by atoms with E-state index >= 15 is 0 Å². The van der Waals surface area contributed by atoms with Gasteiger partial charge in [0.25, 0.3) is 10.1 Å². The summed E-state index contributed by atoms with van der Waals surface area (Å²) >= 11 is 13.1. The first-order valence-corrected chi connectivity index (χ1v) is 13.4. The van der Waals surface area contributed by atoms with E-state index in [4.69, 9.17) is 43.5 Å². The number of anilines is 3. The van der Waals surface area contributed by atoms with Crippen LogP contribution in [0.1, 0.15) is 11.1 Å². The third kappa shape index (κ3) is 3.48. The Balaban J connectivity index is 1.89. The highest BCUT2D eigenvalue weighted by atomic mass is 35.5. The second-order valence-corrected chi connectivity index (χ2v) is 11.4. The van der Waals surface area contributed by atoms with Crippen molar-refractivity contribution in [1.82, 2.24) is 4.98 Å². The zero-order valence-corrected chi connectivity index (χ0v) is 21.2. The number of nitrogens with zero attached hydrogens (tertiary/aromatic N) is 1. The monoisotopic (exact) mass is 572 g/mol. The summed E-state index contributed by atoms with van der Waals surface area (Å²) in [5.74, 6) is -0.906. The van der Waals surface area contributed by atoms with Crippen LogP contribution in [0.3, 0.4) is 0 Å². The molecule has 6 N–H and O–H groups in total. The van der Waals surface area contributed by atoms with Crippen molar-refractivity contribution in [3.8, 4) is 23.0 Å². The van der Waals surface area contributed by atoms with E-state index in [1.54, 1.807) is 6.92 Å². The largest absolute Gasteiger partial charge is 0.450 e. The number of halogens is 2. The van der Waals surface area contributed by atoms with Crippen molar-refractivity contribution in [2.24, 2.45) is 0 Å². The van der Waals surface area contributed by atoms with Crippen LogP contribution < -0.4 is 21.1 Å². The molecule has 2 aromatic carbocycles. The fourth-order valence-corrected chi connectivity index (χ4v) is 6.03. The van der Waals surface area contributed by atoms with Gasteiger partial charge in [0.05, 0.1) is 16.7 Å². The molecule has 0 aromatic heterocycles. The minimum Gasteiger partial charge on any atom is -0.450 e. The van der Waals surface area contributed by atoms with E-state index in [2.05, 4.69) is 10.3 Å². The molecule has 0 saturated carbocycles. The third-order valence-corrected chi connectivity index (χ3v) is 8.10. The molecule has 0 fully saturated rings. The molecule has 0 spiro atoms. The number of hydrogen-bond donors (Lipinski definition) is 5. The number of ether oxygens (including phenoxy) is 1. The van der Waals surface area contributed by atoms with Crippen molar-refractivity contribution in [3.05, 3.63) is 38.7 Å². The molecule has 2 aliphatic heterocycles. The van der Waals surface area contributed by atoms with Crippen LogP contribution in [0.5, 0.6) is 11.5 Å². The van der Waals surface area contributed by atoms with E-state index in [-0.39, 0.29) is 61.0 Å². The molecular formula is C20H14Cl2N4O8S2. The molecule has 16 heteroatoms. The Hall–Kier alpha value is -3.14. The molecule has 0 radical (unpaired) electrons. The average molecular weight is 573 g/mol. The molecule has 0 unspecified atom stereocenters. The summed E-state index contributed by atoms with van der Waals surface area (Å²) in [6, 6.07) is 2.66. The van der Waals surface area contributed by atoms with Crippen LogP contribution in [0.25, 0.3) is 22.6 Å². The maximum atomic E-state index is 12.0. The molecule has 0 atom stereocenters. The molecule has 12 nitrogen and oxygen atoms in total. The van der Waals surface area contributed by atoms with Crippen LogP contribution in [0.2, 0.25) is 10.0 Å². The first-order chi connectivity index (χ1) is 16.6. The van der Waals surface area contributed by atoms with Gasteiger partial charge in [-0.25, -0.2) is 4.98 Å². The van der Waals surface area contributed by atoms with Crippen molar-refractivity contribution in [1.29, 1.82) is 5.41 Å². The van der Waals surface area contributed by atoms with Crippen LogP contribution >= 0.6 is 23.2 Å². The van der Waals surface area contributed by atoms with Crippen LogP contribution in [0.4, 0.5) is 17.1 Å². The summed E-state index contributed by atoms with van der Waals surface area (Å²) in [6.07, 6.45) is 0. The number of nitrogens with one attached hydrogen (secondary N) is 2. The Morgan fingerprint density at radius 1 is 0.972 bits per heavy atom. The van der Waals surface area contributed by atoms with Gasteiger partial charge in [0, 0.05) is 0 Å². The van der Waals surface area contributed by atoms with Crippen molar-refractivity contribution < 1.29 is 35.1 Å². The van der Waals surface area contributed by atoms with Crippen LogP contribution in [0.15, 0.2) is 26.3 Å². The van der Waals surface area contributed by atoms with Gasteiger partial charge < -0.3 is 20.2 Å². The minimum atomic E-state index is -4.89. The number of nitrogen functional groups attached to an aromatic ring is 1. The highest BCUT2D eigenvalue weighted by Gasteiger charge is 2.35. The molecule has 2 aromatic rings. The second kappa shape index (κ2) is 7.68. The van der Waals surface area contributed by atoms with E-state index < -0.39 is 41.1 Å². The van der Waals surface area contributed by atoms with E-state index in [1.807, 2.05) is 0 Å². The predicted molar refractivity (Wildman–Crippen MR) is 130 cm³/mol. The zero-order valence-electron chi connectivity index (χ0n) is 18.1. The molecule has 1 aliphatic carbocycles. The molecule has 5 rings (SSSR count). The number of rotatable bonds is 2. The lowest BCUT2D eigenvalue weighted by Crippen LogP contribution is -2.19. The lowest BCUT2D eigenvalue weighted by Gasteiger charge is -2.27. The van der Waals surface area contributed by atoms with E-state index in [0.717, 1.165) is 0 Å². The van der Waals surface area contributed by atoms with Crippen molar-refractivity contribution in [2.75, 3.05) is 11.1 Å². The molecule has 188 valence electrons. The normalized spacial score (nSPS) is 13.3. The number of nitrogens with two attached hydrogens (primary N) is 1. The SMILES string of the molecule is Cc1cc(N)c(S(=O)(=O)O)c2c1Nc1c(c(Cl)c3nc4cc(C)c(=N)c(S(=O)(=O)O)c-4oc3c1Cl)O2. The first-order valence-electron chi connectivity index (χ1n) is 9.78. The molecule has 0 amide bonds. The highest BCUT2D eigenvalue weighted by molar-refractivity contribution is 7.86. The van der Waals surface area contributed by atoms with Gasteiger partial charge in [0.1, 0.15) is 26.9 Å². The smallest absolute Gasteiger partial charge is 0.300 e. The topological polar surface area (TPSA) is 206 Å². The molecule has 36 heavy (non-hydrogen) atoms. The van der Waals surface area contributed by atoms with E-state index in [1.165, 1.54) is 19.1 Å². The predicted octanol–water partition coefficient (Wildman–Crippen LogP) is 4.26. The molecule has 2 heterocycles. The summed E-state index contributed by atoms with van der Waals surface area (Å²) in [6.45, 7) is 3.04. The average Bonchev–Trinajstić information content (AvgIpc) is 2.75. The highest BCUT2D eigenvalue weighted by Crippen LogP contribution is 2.55. The minimum absolute atomic E-state index is 0.0207. The van der Waals surface area contributed by atoms with Crippen molar-refractivity contribution >= 4 is 71.6 Å². The van der Waals surface area contributed by atoms with Gasteiger partial charge in [-0.05, 0) is 37.1 Å². The van der Waals surface area contributed by atoms with E-state index in [0.29, 0.717) is 5.56 Å². The fourth-order valence-electron chi connectivity index (χ4n) is 3.98. The molecule has 0 saturated heterocycles. The Labute approximate surface area is 213 Å². The summed E-state index contributed by atoms with van der Waals surface area (Å²) in [7, 11) is -9.70. The number of aromatic nitrogens is 1. The number of fused-ring (bicyclic) bond motifs is 4. The van der Waals surface area contributed by atoms with Crippen LogP contribution in [0, 0.1) is 19.3 Å². The van der Waals surface area contributed by atoms with Crippen molar-refractivity contribution in [3.63, 3.8) is 0 Å². The lowest BCUT2D eigenvalue weighted by molar-refractivity contribution is 0.449.